The molecule has 0 aliphatic rings. The first kappa shape index (κ1) is 16.0. The number of hydrogen-bond acceptors (Lipinski definition) is 2. The van der Waals surface area contributed by atoms with Crippen molar-refractivity contribution in [1.29, 1.82) is 0 Å². The number of rotatable bonds is 3. The third kappa shape index (κ3) is 3.66. The Bertz CT molecular complexity index is 699. The quantitative estimate of drug-likeness (QED) is 0.762. The van der Waals surface area contributed by atoms with Gasteiger partial charge >= 0.3 is 0 Å². The Labute approximate surface area is 141 Å². The topological polar surface area (TPSA) is 38.3 Å². The van der Waals surface area contributed by atoms with E-state index in [1.807, 2.05) is 38.1 Å². The van der Waals surface area contributed by atoms with Crippen molar-refractivity contribution in [3.05, 3.63) is 56.0 Å². The summed E-state index contributed by atoms with van der Waals surface area (Å²) in [6, 6.07) is 9.35. The first-order chi connectivity index (χ1) is 9.92. The number of amides is 1. The maximum atomic E-state index is 12.5. The lowest BCUT2D eigenvalue weighted by Gasteiger charge is -2.13. The molecule has 0 fully saturated rings. The van der Waals surface area contributed by atoms with Gasteiger partial charge in [0.25, 0.3) is 5.91 Å². The summed E-state index contributed by atoms with van der Waals surface area (Å²) in [6.07, 6.45) is 0. The third-order valence-corrected chi connectivity index (χ3v) is 4.45. The molecule has 0 aromatic heterocycles. The van der Waals surface area contributed by atoms with Crippen molar-refractivity contribution < 1.29 is 9.53 Å². The van der Waals surface area contributed by atoms with E-state index in [0.29, 0.717) is 11.3 Å². The highest BCUT2D eigenvalue weighted by molar-refractivity contribution is 9.10. The zero-order chi connectivity index (χ0) is 15.6. The molecular formula is C16H15Br2NO2. The number of anilines is 1. The molecule has 2 rings (SSSR count). The second-order valence-electron chi connectivity index (χ2n) is 4.72. The van der Waals surface area contributed by atoms with E-state index in [1.54, 1.807) is 13.2 Å². The van der Waals surface area contributed by atoms with Gasteiger partial charge in [0.15, 0.2) is 0 Å². The number of methoxy groups -OCH3 is 1. The average molecular weight is 413 g/mol. The number of carbonyl (C=O) groups is 1. The van der Waals surface area contributed by atoms with Crippen molar-refractivity contribution in [3.63, 3.8) is 0 Å². The number of aryl methyl sites for hydroxylation is 2. The summed E-state index contributed by atoms with van der Waals surface area (Å²) in [4.78, 5) is 12.5. The lowest BCUT2D eigenvalue weighted by Crippen LogP contribution is -2.14. The summed E-state index contributed by atoms with van der Waals surface area (Å²) in [5.41, 5.74) is 3.22. The molecule has 0 saturated carbocycles. The maximum absolute atomic E-state index is 12.5. The van der Waals surface area contributed by atoms with Gasteiger partial charge in [-0.25, -0.2) is 0 Å². The van der Waals surface area contributed by atoms with Crippen LogP contribution >= 0.6 is 31.9 Å². The minimum Gasteiger partial charge on any atom is -0.496 e. The minimum atomic E-state index is -0.196. The maximum Gasteiger partial charge on any atom is 0.259 e. The molecule has 0 aliphatic heterocycles. The molecule has 0 radical (unpaired) electrons. The van der Waals surface area contributed by atoms with Gasteiger partial charge < -0.3 is 10.1 Å². The van der Waals surface area contributed by atoms with Crippen LogP contribution in [0.1, 0.15) is 21.5 Å². The Hall–Kier alpha value is -1.33. The van der Waals surface area contributed by atoms with Crippen LogP contribution in [0.2, 0.25) is 0 Å². The van der Waals surface area contributed by atoms with Gasteiger partial charge in [0.1, 0.15) is 5.75 Å². The normalized spacial score (nSPS) is 10.3. The molecule has 2 aromatic carbocycles. The van der Waals surface area contributed by atoms with E-state index in [-0.39, 0.29) is 5.91 Å². The Morgan fingerprint density at radius 1 is 1.10 bits per heavy atom. The molecule has 0 atom stereocenters. The molecule has 0 saturated heterocycles. The van der Waals surface area contributed by atoms with Gasteiger partial charge in [-0.15, -0.1) is 0 Å². The van der Waals surface area contributed by atoms with Gasteiger partial charge in [0, 0.05) is 14.6 Å². The Morgan fingerprint density at radius 2 is 1.81 bits per heavy atom. The Morgan fingerprint density at radius 3 is 2.43 bits per heavy atom. The summed E-state index contributed by atoms with van der Waals surface area (Å²) in [5, 5.41) is 2.89. The van der Waals surface area contributed by atoms with Gasteiger partial charge in [-0.1, -0.05) is 31.9 Å². The molecule has 110 valence electrons. The van der Waals surface area contributed by atoms with Crippen molar-refractivity contribution in [1.82, 2.24) is 0 Å². The number of ether oxygens (including phenoxy) is 1. The van der Waals surface area contributed by atoms with E-state index in [4.69, 9.17) is 4.74 Å². The highest BCUT2D eigenvalue weighted by Gasteiger charge is 2.16. The summed E-state index contributed by atoms with van der Waals surface area (Å²) < 4.78 is 7.20. The first-order valence-electron chi connectivity index (χ1n) is 6.34. The molecule has 2 aromatic rings. The van der Waals surface area contributed by atoms with Crippen LogP contribution in [0, 0.1) is 13.8 Å². The summed E-state index contributed by atoms with van der Waals surface area (Å²) in [6.45, 7) is 3.88. The van der Waals surface area contributed by atoms with Crippen LogP contribution in [0.3, 0.4) is 0 Å². The summed E-state index contributed by atoms with van der Waals surface area (Å²) >= 11 is 6.85. The number of hydrogen-bond donors (Lipinski definition) is 1. The van der Waals surface area contributed by atoms with Gasteiger partial charge in [-0.3, -0.25) is 4.79 Å². The van der Waals surface area contributed by atoms with Crippen LogP contribution in [0.25, 0.3) is 0 Å². The molecule has 0 spiro atoms. The second-order valence-corrected chi connectivity index (χ2v) is 6.49. The van der Waals surface area contributed by atoms with E-state index in [9.17, 15) is 4.79 Å². The molecule has 3 nitrogen and oxygen atoms in total. The smallest absolute Gasteiger partial charge is 0.259 e. The van der Waals surface area contributed by atoms with Crippen LogP contribution in [0.5, 0.6) is 5.75 Å². The molecule has 0 unspecified atom stereocenters. The third-order valence-electron chi connectivity index (χ3n) is 3.10. The highest BCUT2D eigenvalue weighted by Crippen LogP contribution is 2.29. The Kier molecular flexibility index (Phi) is 5.06. The van der Waals surface area contributed by atoms with Crippen molar-refractivity contribution in [2.75, 3.05) is 12.4 Å². The largest absolute Gasteiger partial charge is 0.496 e. The lowest BCUT2D eigenvalue weighted by molar-refractivity contribution is 0.102. The number of nitrogens with one attached hydrogen (secondary N) is 1. The second kappa shape index (κ2) is 6.62. The van der Waals surface area contributed by atoms with E-state index in [1.165, 1.54) is 0 Å². The summed E-state index contributed by atoms with van der Waals surface area (Å²) in [5.74, 6) is 0.391. The minimum absolute atomic E-state index is 0.196. The van der Waals surface area contributed by atoms with Gasteiger partial charge in [-0.05, 0) is 55.3 Å². The fourth-order valence-corrected chi connectivity index (χ4v) is 2.91. The number of carbonyl (C=O) groups excluding carboxylic acids is 1. The standard InChI is InChI=1S/C16H15Br2NO2/c1-9-7-12(4-5-14(9)18)19-16(20)13-8-11(17)6-10(2)15(13)21-3/h4-8H,1-3H3,(H,19,20). The van der Waals surface area contributed by atoms with Crippen LogP contribution in [0.15, 0.2) is 39.3 Å². The van der Waals surface area contributed by atoms with Gasteiger partial charge in [0.2, 0.25) is 0 Å². The molecular weight excluding hydrogens is 398 g/mol. The van der Waals surface area contributed by atoms with Crippen molar-refractivity contribution in [2.24, 2.45) is 0 Å². The predicted molar refractivity (Wildman–Crippen MR) is 92.3 cm³/mol. The molecule has 0 heterocycles. The molecule has 0 bridgehead atoms. The van der Waals surface area contributed by atoms with Crippen molar-refractivity contribution >= 4 is 43.5 Å². The Balaban J connectivity index is 2.34. The van der Waals surface area contributed by atoms with E-state index < -0.39 is 0 Å². The molecule has 0 aliphatic carbocycles. The van der Waals surface area contributed by atoms with E-state index in [2.05, 4.69) is 37.2 Å². The SMILES string of the molecule is COc1c(C)cc(Br)cc1C(=O)Nc1ccc(Br)c(C)c1. The fraction of sp³-hybridized carbons (Fsp3) is 0.188. The van der Waals surface area contributed by atoms with Crippen LogP contribution in [-0.2, 0) is 0 Å². The molecule has 1 N–H and O–H groups in total. The monoisotopic (exact) mass is 411 g/mol. The fourth-order valence-electron chi connectivity index (χ4n) is 2.09. The summed E-state index contributed by atoms with van der Waals surface area (Å²) in [7, 11) is 1.57. The van der Waals surface area contributed by atoms with Crippen LogP contribution < -0.4 is 10.1 Å². The zero-order valence-corrected chi connectivity index (χ0v) is 15.1. The van der Waals surface area contributed by atoms with Crippen LogP contribution in [0.4, 0.5) is 5.69 Å². The molecule has 21 heavy (non-hydrogen) atoms. The van der Waals surface area contributed by atoms with E-state index >= 15 is 0 Å². The predicted octanol–water partition coefficient (Wildman–Crippen LogP) is 5.09. The van der Waals surface area contributed by atoms with Gasteiger partial charge in [-0.2, -0.15) is 0 Å². The number of halogens is 2. The number of benzene rings is 2. The van der Waals surface area contributed by atoms with Crippen molar-refractivity contribution in [2.45, 2.75) is 13.8 Å². The van der Waals surface area contributed by atoms with Gasteiger partial charge in [0.05, 0.1) is 12.7 Å². The zero-order valence-electron chi connectivity index (χ0n) is 12.0. The molecule has 5 heteroatoms. The molecule has 1 amide bonds. The van der Waals surface area contributed by atoms with Crippen molar-refractivity contribution in [3.8, 4) is 5.75 Å². The van der Waals surface area contributed by atoms with E-state index in [0.717, 1.165) is 25.8 Å². The lowest BCUT2D eigenvalue weighted by atomic mass is 10.1. The first-order valence-corrected chi connectivity index (χ1v) is 7.92. The highest BCUT2D eigenvalue weighted by atomic mass is 79.9. The van der Waals surface area contributed by atoms with Crippen LogP contribution in [-0.4, -0.2) is 13.0 Å². The average Bonchev–Trinajstić information content (AvgIpc) is 2.42.